The van der Waals surface area contributed by atoms with Crippen LogP contribution in [0.4, 0.5) is 0 Å². The maximum Gasteiger partial charge on any atom is 0.0409 e. The second kappa shape index (κ2) is 8.77. The quantitative estimate of drug-likeness (QED) is 0.708. The second-order valence-corrected chi connectivity index (χ2v) is 6.57. The van der Waals surface area contributed by atoms with E-state index in [-0.39, 0.29) is 0 Å². The van der Waals surface area contributed by atoms with Crippen LogP contribution in [-0.2, 0) is 0 Å². The first-order valence-electron chi connectivity index (χ1n) is 8.14. The Morgan fingerprint density at radius 1 is 1.24 bits per heavy atom. The van der Waals surface area contributed by atoms with Crippen LogP contribution >= 0.6 is 11.6 Å². The van der Waals surface area contributed by atoms with E-state index in [1.54, 1.807) is 0 Å². The average molecular weight is 311 g/mol. The highest BCUT2D eigenvalue weighted by Crippen LogP contribution is 2.30. The molecule has 1 aromatic rings. The number of nitrogens with zero attached hydrogens (tertiary/aromatic N) is 1. The third-order valence-electron chi connectivity index (χ3n) is 4.83. The number of benzene rings is 1. The summed E-state index contributed by atoms with van der Waals surface area (Å²) in [6.07, 6.45) is 2.40. The van der Waals surface area contributed by atoms with Crippen molar-refractivity contribution in [2.24, 2.45) is 5.41 Å². The van der Waals surface area contributed by atoms with Gasteiger partial charge in [0, 0.05) is 24.2 Å². The summed E-state index contributed by atoms with van der Waals surface area (Å²) in [5.41, 5.74) is 1.63. The van der Waals surface area contributed by atoms with Crippen molar-refractivity contribution in [3.8, 4) is 0 Å². The van der Waals surface area contributed by atoms with Crippen molar-refractivity contribution in [2.45, 2.75) is 46.6 Å². The van der Waals surface area contributed by atoms with Crippen molar-refractivity contribution in [2.75, 3.05) is 26.7 Å². The lowest BCUT2D eigenvalue weighted by Crippen LogP contribution is -2.43. The van der Waals surface area contributed by atoms with Gasteiger partial charge in [-0.2, -0.15) is 0 Å². The monoisotopic (exact) mass is 310 g/mol. The Kier molecular flexibility index (Phi) is 7.72. The van der Waals surface area contributed by atoms with Gasteiger partial charge in [0.05, 0.1) is 0 Å². The van der Waals surface area contributed by atoms with Gasteiger partial charge in [-0.25, -0.2) is 0 Å². The molecule has 0 spiro atoms. The van der Waals surface area contributed by atoms with Crippen LogP contribution in [0.1, 0.15) is 52.1 Å². The number of rotatable bonds is 9. The van der Waals surface area contributed by atoms with Crippen molar-refractivity contribution < 1.29 is 0 Å². The number of hydrogen-bond donors (Lipinski definition) is 1. The van der Waals surface area contributed by atoms with Gasteiger partial charge < -0.3 is 5.32 Å². The summed E-state index contributed by atoms with van der Waals surface area (Å²) in [7, 11) is 2.22. The first-order chi connectivity index (χ1) is 9.98. The second-order valence-electron chi connectivity index (χ2n) is 6.13. The van der Waals surface area contributed by atoms with E-state index in [4.69, 9.17) is 11.6 Å². The van der Waals surface area contributed by atoms with Crippen LogP contribution in [0.25, 0.3) is 0 Å². The highest BCUT2D eigenvalue weighted by molar-refractivity contribution is 6.30. The number of nitrogens with one attached hydrogen (secondary N) is 1. The van der Waals surface area contributed by atoms with Gasteiger partial charge in [0.2, 0.25) is 0 Å². The third-order valence-corrected chi connectivity index (χ3v) is 5.06. The first kappa shape index (κ1) is 18.5. The van der Waals surface area contributed by atoms with Gasteiger partial charge in [-0.3, -0.25) is 4.90 Å². The molecule has 0 aromatic heterocycles. The Balaban J connectivity index is 2.78. The van der Waals surface area contributed by atoms with Gasteiger partial charge in [0.15, 0.2) is 0 Å². The lowest BCUT2D eigenvalue weighted by molar-refractivity contribution is 0.128. The Morgan fingerprint density at radius 3 is 2.43 bits per heavy atom. The maximum atomic E-state index is 6.12. The Hall–Kier alpha value is -0.570. The molecule has 1 aromatic carbocycles. The molecule has 3 heteroatoms. The molecule has 1 N–H and O–H groups in total. The highest BCUT2D eigenvalue weighted by Gasteiger charge is 2.29. The van der Waals surface area contributed by atoms with Gasteiger partial charge in [0.1, 0.15) is 0 Å². The molecule has 1 atom stereocenters. The molecule has 21 heavy (non-hydrogen) atoms. The largest absolute Gasteiger partial charge is 0.316 e. The molecule has 0 aliphatic carbocycles. The van der Waals surface area contributed by atoms with Gasteiger partial charge >= 0.3 is 0 Å². The minimum Gasteiger partial charge on any atom is -0.316 e. The molecular weight excluding hydrogens is 280 g/mol. The fourth-order valence-electron chi connectivity index (χ4n) is 2.86. The minimum absolute atomic E-state index is 0.345. The molecule has 0 radical (unpaired) electrons. The predicted octanol–water partition coefficient (Wildman–Crippen LogP) is 4.75. The van der Waals surface area contributed by atoms with E-state index in [9.17, 15) is 0 Å². The number of halogens is 1. The third kappa shape index (κ3) is 5.28. The molecule has 0 aliphatic heterocycles. The van der Waals surface area contributed by atoms with Crippen molar-refractivity contribution in [3.05, 3.63) is 34.9 Å². The van der Waals surface area contributed by atoms with E-state index in [1.807, 2.05) is 12.1 Å². The summed E-state index contributed by atoms with van der Waals surface area (Å²) in [5, 5.41) is 4.35. The van der Waals surface area contributed by atoms with Crippen LogP contribution in [0.5, 0.6) is 0 Å². The fourth-order valence-corrected chi connectivity index (χ4v) is 3.06. The highest BCUT2D eigenvalue weighted by atomic mass is 35.5. The molecule has 0 aliphatic rings. The van der Waals surface area contributed by atoms with Crippen molar-refractivity contribution >= 4 is 11.6 Å². The van der Waals surface area contributed by atoms with Crippen LogP contribution in [-0.4, -0.2) is 31.6 Å². The standard InChI is InChI=1S/C18H31ClN2/c1-6-18(7-2,13-20-8-3)14-21(5)15(4)16-10-9-11-17(19)12-16/h9-12,15,20H,6-8,13-14H2,1-5H3. The minimum atomic E-state index is 0.345. The molecule has 0 bridgehead atoms. The van der Waals surface area contributed by atoms with Crippen LogP contribution < -0.4 is 5.32 Å². The Bertz CT molecular complexity index is 415. The van der Waals surface area contributed by atoms with E-state index in [2.05, 4.69) is 57.1 Å². The zero-order valence-electron chi connectivity index (χ0n) is 14.2. The average Bonchev–Trinajstić information content (AvgIpc) is 2.50. The zero-order valence-corrected chi connectivity index (χ0v) is 15.0. The Labute approximate surface area is 135 Å². The van der Waals surface area contributed by atoms with Crippen molar-refractivity contribution in [1.29, 1.82) is 0 Å². The molecule has 0 heterocycles. The van der Waals surface area contributed by atoms with Crippen molar-refractivity contribution in [3.63, 3.8) is 0 Å². The van der Waals surface area contributed by atoms with E-state index in [1.165, 1.54) is 18.4 Å². The van der Waals surface area contributed by atoms with Crippen LogP contribution in [0.3, 0.4) is 0 Å². The van der Waals surface area contributed by atoms with Gasteiger partial charge in [0.25, 0.3) is 0 Å². The van der Waals surface area contributed by atoms with Gasteiger partial charge in [-0.15, -0.1) is 0 Å². The van der Waals surface area contributed by atoms with Crippen LogP contribution in [0, 0.1) is 5.41 Å². The van der Waals surface area contributed by atoms with E-state index >= 15 is 0 Å². The number of hydrogen-bond acceptors (Lipinski definition) is 2. The summed E-state index contributed by atoms with van der Waals surface area (Å²) >= 11 is 6.12. The molecule has 0 saturated carbocycles. The SMILES string of the molecule is CCNCC(CC)(CC)CN(C)C(C)c1cccc(Cl)c1. The molecule has 120 valence electrons. The topological polar surface area (TPSA) is 15.3 Å². The Morgan fingerprint density at radius 2 is 1.90 bits per heavy atom. The van der Waals surface area contributed by atoms with E-state index in [0.717, 1.165) is 24.7 Å². The maximum absolute atomic E-state index is 6.12. The van der Waals surface area contributed by atoms with Gasteiger partial charge in [-0.05, 0) is 56.5 Å². The molecule has 1 rings (SSSR count). The molecule has 0 saturated heterocycles. The zero-order chi connectivity index (χ0) is 15.9. The summed E-state index contributed by atoms with van der Waals surface area (Å²) in [6, 6.07) is 8.59. The van der Waals surface area contributed by atoms with E-state index in [0.29, 0.717) is 11.5 Å². The smallest absolute Gasteiger partial charge is 0.0409 e. The molecule has 0 fully saturated rings. The van der Waals surface area contributed by atoms with Crippen LogP contribution in [0.15, 0.2) is 24.3 Å². The first-order valence-corrected chi connectivity index (χ1v) is 8.52. The molecule has 1 unspecified atom stereocenters. The summed E-state index contributed by atoms with van der Waals surface area (Å²) < 4.78 is 0. The van der Waals surface area contributed by atoms with Crippen LogP contribution in [0.2, 0.25) is 5.02 Å². The summed E-state index contributed by atoms with van der Waals surface area (Å²) in [5.74, 6) is 0. The fraction of sp³-hybridized carbons (Fsp3) is 0.667. The molecule has 0 amide bonds. The summed E-state index contributed by atoms with van der Waals surface area (Å²) in [4.78, 5) is 2.45. The van der Waals surface area contributed by atoms with Gasteiger partial charge in [-0.1, -0.05) is 44.5 Å². The van der Waals surface area contributed by atoms with E-state index < -0.39 is 0 Å². The summed E-state index contributed by atoms with van der Waals surface area (Å²) in [6.45, 7) is 12.3. The lowest BCUT2D eigenvalue weighted by atomic mass is 9.81. The normalized spacial score (nSPS) is 13.7. The molecular formula is C18H31ClN2. The van der Waals surface area contributed by atoms with Crippen molar-refractivity contribution in [1.82, 2.24) is 10.2 Å². The molecule has 2 nitrogen and oxygen atoms in total. The lowest BCUT2D eigenvalue weighted by Gasteiger charge is -2.38. The predicted molar refractivity (Wildman–Crippen MR) is 94.1 cm³/mol.